The van der Waals surface area contributed by atoms with Gasteiger partial charge in [0.15, 0.2) is 0 Å². The molecule has 0 amide bonds. The fraction of sp³-hybridized carbons (Fsp3) is 0.700. The smallest absolute Gasteiger partial charge is 0.0772 e. The van der Waals surface area contributed by atoms with Crippen molar-refractivity contribution in [3.8, 4) is 0 Å². The summed E-state index contributed by atoms with van der Waals surface area (Å²) >= 11 is 0. The van der Waals surface area contributed by atoms with Gasteiger partial charge in [-0.2, -0.15) is 5.10 Å². The highest BCUT2D eigenvalue weighted by Crippen LogP contribution is 2.20. The van der Waals surface area contributed by atoms with Gasteiger partial charge in [0.2, 0.25) is 0 Å². The molecule has 13 heavy (non-hydrogen) atoms. The van der Waals surface area contributed by atoms with Crippen molar-refractivity contribution in [1.82, 2.24) is 14.7 Å². The molecule has 1 aliphatic heterocycles. The Bertz CT molecular complexity index is 284. The molecule has 0 saturated carbocycles. The Labute approximate surface area is 79.3 Å². The summed E-state index contributed by atoms with van der Waals surface area (Å²) in [6.07, 6.45) is 4.17. The van der Waals surface area contributed by atoms with Crippen LogP contribution in [-0.2, 0) is 0 Å². The second-order valence-electron chi connectivity index (χ2n) is 4.28. The van der Waals surface area contributed by atoms with Gasteiger partial charge in [-0.25, -0.2) is 0 Å². The minimum Gasteiger partial charge on any atom is -0.302 e. The Balaban J connectivity index is 2.06. The van der Waals surface area contributed by atoms with Gasteiger partial charge in [0.05, 0.1) is 12.2 Å². The molecule has 0 aromatic carbocycles. The molecule has 72 valence electrons. The van der Waals surface area contributed by atoms with E-state index in [1.54, 1.807) is 0 Å². The Morgan fingerprint density at radius 3 is 2.62 bits per heavy atom. The van der Waals surface area contributed by atoms with Crippen LogP contribution < -0.4 is 0 Å². The molecule has 1 aromatic heterocycles. The fourth-order valence-corrected chi connectivity index (χ4v) is 1.68. The highest BCUT2D eigenvalue weighted by molar-refractivity contribution is 5.09. The molecule has 0 radical (unpaired) electrons. The van der Waals surface area contributed by atoms with E-state index >= 15 is 0 Å². The van der Waals surface area contributed by atoms with Gasteiger partial charge in [0.1, 0.15) is 0 Å². The lowest BCUT2D eigenvalue weighted by atomic mass is 10.1. The number of rotatable bonds is 2. The second-order valence-corrected chi connectivity index (χ2v) is 4.28. The van der Waals surface area contributed by atoms with Crippen molar-refractivity contribution < 1.29 is 0 Å². The monoisotopic (exact) mass is 179 g/mol. The highest BCUT2D eigenvalue weighted by Gasteiger charge is 2.25. The summed E-state index contributed by atoms with van der Waals surface area (Å²) in [7, 11) is 2.14. The van der Waals surface area contributed by atoms with Crippen LogP contribution in [0.4, 0.5) is 0 Å². The van der Waals surface area contributed by atoms with Crippen LogP contribution in [0.15, 0.2) is 12.4 Å². The number of likely N-dealkylation sites (N-methyl/N-ethyl adjacent to an activating group) is 1. The molecular formula is C10H17N3. The second kappa shape index (κ2) is 3.14. The summed E-state index contributed by atoms with van der Waals surface area (Å²) < 4.78 is 2.11. The molecule has 1 fully saturated rings. The van der Waals surface area contributed by atoms with Crippen LogP contribution in [0.1, 0.15) is 31.4 Å². The van der Waals surface area contributed by atoms with Crippen molar-refractivity contribution in [1.29, 1.82) is 0 Å². The molecule has 0 N–H and O–H groups in total. The average molecular weight is 179 g/mol. The van der Waals surface area contributed by atoms with E-state index in [2.05, 4.69) is 41.8 Å². The molecule has 0 spiro atoms. The number of hydrogen-bond donors (Lipinski definition) is 0. The third-order valence-corrected chi connectivity index (χ3v) is 2.71. The Morgan fingerprint density at radius 2 is 2.15 bits per heavy atom. The molecule has 1 aliphatic rings. The minimum absolute atomic E-state index is 0.589. The molecule has 3 heteroatoms. The fourth-order valence-electron chi connectivity index (χ4n) is 1.68. The third-order valence-electron chi connectivity index (χ3n) is 2.71. The molecule has 2 rings (SSSR count). The van der Waals surface area contributed by atoms with E-state index in [-0.39, 0.29) is 0 Å². The van der Waals surface area contributed by atoms with Crippen LogP contribution >= 0.6 is 0 Å². The van der Waals surface area contributed by atoms with Gasteiger partial charge in [0, 0.05) is 19.3 Å². The Hall–Kier alpha value is -0.830. The van der Waals surface area contributed by atoms with Crippen molar-refractivity contribution in [3.63, 3.8) is 0 Å². The number of likely N-dealkylation sites (tertiary alicyclic amines) is 1. The van der Waals surface area contributed by atoms with Gasteiger partial charge in [-0.05, 0) is 18.5 Å². The van der Waals surface area contributed by atoms with Crippen LogP contribution in [0.3, 0.4) is 0 Å². The highest BCUT2D eigenvalue weighted by atomic mass is 15.4. The number of nitrogens with zero attached hydrogens (tertiary/aromatic N) is 3. The summed E-state index contributed by atoms with van der Waals surface area (Å²) in [4.78, 5) is 2.31. The van der Waals surface area contributed by atoms with Crippen molar-refractivity contribution in [2.45, 2.75) is 25.8 Å². The Kier molecular flexibility index (Phi) is 2.12. The third kappa shape index (κ3) is 1.61. The first-order valence-electron chi connectivity index (χ1n) is 4.89. The predicted octanol–water partition coefficient (Wildman–Crippen LogP) is 1.49. The molecule has 0 bridgehead atoms. The van der Waals surface area contributed by atoms with Gasteiger partial charge in [-0.1, -0.05) is 13.8 Å². The van der Waals surface area contributed by atoms with E-state index in [1.807, 2.05) is 6.20 Å². The first kappa shape index (κ1) is 8.75. The van der Waals surface area contributed by atoms with Gasteiger partial charge < -0.3 is 4.90 Å². The quantitative estimate of drug-likeness (QED) is 0.686. The van der Waals surface area contributed by atoms with Gasteiger partial charge in [-0.15, -0.1) is 0 Å². The first-order chi connectivity index (χ1) is 6.16. The van der Waals surface area contributed by atoms with Crippen LogP contribution in [0, 0.1) is 0 Å². The maximum Gasteiger partial charge on any atom is 0.0772 e. The summed E-state index contributed by atoms with van der Waals surface area (Å²) in [5.41, 5.74) is 1.34. The molecular weight excluding hydrogens is 162 g/mol. The lowest BCUT2D eigenvalue weighted by Crippen LogP contribution is -2.45. The topological polar surface area (TPSA) is 21.1 Å². The lowest BCUT2D eigenvalue weighted by Gasteiger charge is -2.36. The van der Waals surface area contributed by atoms with Gasteiger partial charge >= 0.3 is 0 Å². The van der Waals surface area contributed by atoms with E-state index < -0.39 is 0 Å². The van der Waals surface area contributed by atoms with Crippen molar-refractivity contribution >= 4 is 0 Å². The first-order valence-corrected chi connectivity index (χ1v) is 4.89. The number of aromatic nitrogens is 2. The van der Waals surface area contributed by atoms with Gasteiger partial charge in [0.25, 0.3) is 0 Å². The maximum atomic E-state index is 4.38. The van der Waals surface area contributed by atoms with Crippen LogP contribution in [0.25, 0.3) is 0 Å². The number of hydrogen-bond acceptors (Lipinski definition) is 2. The van der Waals surface area contributed by atoms with Crippen molar-refractivity contribution in [2.75, 3.05) is 20.1 Å². The lowest BCUT2D eigenvalue weighted by molar-refractivity contribution is 0.130. The molecule has 2 heterocycles. The summed E-state index contributed by atoms with van der Waals surface area (Å²) in [5, 5.41) is 4.38. The minimum atomic E-state index is 0.589. The zero-order valence-electron chi connectivity index (χ0n) is 8.57. The maximum absolute atomic E-state index is 4.38. The van der Waals surface area contributed by atoms with E-state index in [0.29, 0.717) is 12.0 Å². The molecule has 1 saturated heterocycles. The van der Waals surface area contributed by atoms with E-state index in [0.717, 1.165) is 13.1 Å². The van der Waals surface area contributed by atoms with Crippen LogP contribution in [-0.4, -0.2) is 34.8 Å². The standard InChI is InChI=1S/C10H17N3/c1-8(2)9-4-11-13(5-9)10-6-12(3)7-10/h4-5,8,10H,6-7H2,1-3H3. The van der Waals surface area contributed by atoms with Crippen LogP contribution in [0.5, 0.6) is 0 Å². The predicted molar refractivity (Wildman–Crippen MR) is 52.9 cm³/mol. The normalized spacial score (nSPS) is 19.4. The van der Waals surface area contributed by atoms with Crippen LogP contribution in [0.2, 0.25) is 0 Å². The van der Waals surface area contributed by atoms with Crippen molar-refractivity contribution in [3.05, 3.63) is 18.0 Å². The zero-order chi connectivity index (χ0) is 9.42. The average Bonchev–Trinajstić information content (AvgIpc) is 2.46. The van der Waals surface area contributed by atoms with E-state index in [1.165, 1.54) is 5.56 Å². The van der Waals surface area contributed by atoms with Gasteiger partial charge in [-0.3, -0.25) is 4.68 Å². The molecule has 0 atom stereocenters. The summed E-state index contributed by atoms with van der Waals surface area (Å²) in [6.45, 7) is 6.68. The van der Waals surface area contributed by atoms with Crippen molar-refractivity contribution in [2.24, 2.45) is 0 Å². The van der Waals surface area contributed by atoms with E-state index in [9.17, 15) is 0 Å². The van der Waals surface area contributed by atoms with E-state index in [4.69, 9.17) is 0 Å². The molecule has 0 aliphatic carbocycles. The zero-order valence-corrected chi connectivity index (χ0v) is 8.57. The molecule has 0 unspecified atom stereocenters. The largest absolute Gasteiger partial charge is 0.302 e. The summed E-state index contributed by atoms with van der Waals surface area (Å²) in [5.74, 6) is 0.589. The SMILES string of the molecule is CC(C)c1cnn(C2CN(C)C2)c1. The molecule has 3 nitrogen and oxygen atoms in total. The summed E-state index contributed by atoms with van der Waals surface area (Å²) in [6, 6.07) is 0.609. The Morgan fingerprint density at radius 1 is 1.46 bits per heavy atom. The molecule has 1 aromatic rings.